The summed E-state index contributed by atoms with van der Waals surface area (Å²) in [5.74, 6) is -0.296. The highest BCUT2D eigenvalue weighted by Crippen LogP contribution is 2.37. The number of hydrogen-bond donors (Lipinski definition) is 1. The Morgan fingerprint density at radius 3 is 2.50 bits per heavy atom. The molecule has 1 heterocycles. The average molecular weight is 445 g/mol. The van der Waals surface area contributed by atoms with Gasteiger partial charge in [0.05, 0.1) is 18.1 Å². The number of hydrogen-bond acceptors (Lipinski definition) is 3. The SMILES string of the molecule is CN(C)CC(C)(C)CNC(=O)c1cncn1-c1cccc(-c2ccccc2C(F)(F)F)c1. The second kappa shape index (κ2) is 9.16. The molecule has 32 heavy (non-hydrogen) atoms. The number of carbonyl (C=O) groups is 1. The van der Waals surface area contributed by atoms with Crippen LogP contribution in [0.25, 0.3) is 16.8 Å². The zero-order valence-electron chi connectivity index (χ0n) is 18.6. The van der Waals surface area contributed by atoms with Crippen LogP contribution < -0.4 is 5.32 Å². The molecule has 1 amide bonds. The smallest absolute Gasteiger partial charge is 0.350 e. The van der Waals surface area contributed by atoms with E-state index in [0.29, 0.717) is 23.5 Å². The fraction of sp³-hybridized carbons (Fsp3) is 0.333. The molecule has 0 saturated carbocycles. The molecule has 0 radical (unpaired) electrons. The Hall–Kier alpha value is -3.13. The van der Waals surface area contributed by atoms with Crippen molar-refractivity contribution in [3.05, 3.63) is 72.3 Å². The van der Waals surface area contributed by atoms with Crippen LogP contribution in [0, 0.1) is 5.41 Å². The summed E-state index contributed by atoms with van der Waals surface area (Å²) in [4.78, 5) is 19.0. The van der Waals surface area contributed by atoms with Crippen LogP contribution in [-0.2, 0) is 6.18 Å². The first-order valence-corrected chi connectivity index (χ1v) is 10.2. The van der Waals surface area contributed by atoms with Crippen LogP contribution in [-0.4, -0.2) is 47.5 Å². The molecule has 3 aromatic rings. The van der Waals surface area contributed by atoms with Crippen molar-refractivity contribution >= 4 is 5.91 Å². The molecule has 0 saturated heterocycles. The molecule has 1 aromatic heterocycles. The molecule has 8 heteroatoms. The largest absolute Gasteiger partial charge is 0.417 e. The number of nitrogens with zero attached hydrogens (tertiary/aromatic N) is 3. The lowest BCUT2D eigenvalue weighted by Gasteiger charge is -2.28. The van der Waals surface area contributed by atoms with Gasteiger partial charge in [-0.3, -0.25) is 9.36 Å². The van der Waals surface area contributed by atoms with E-state index < -0.39 is 11.7 Å². The van der Waals surface area contributed by atoms with Gasteiger partial charge in [0.2, 0.25) is 0 Å². The average Bonchev–Trinajstić information content (AvgIpc) is 3.21. The fourth-order valence-corrected chi connectivity index (χ4v) is 3.80. The third-order valence-corrected chi connectivity index (χ3v) is 5.01. The van der Waals surface area contributed by atoms with E-state index in [1.54, 1.807) is 34.9 Å². The number of carbonyl (C=O) groups excluding carboxylic acids is 1. The predicted molar refractivity (Wildman–Crippen MR) is 119 cm³/mol. The number of aromatic nitrogens is 2. The molecule has 0 aliphatic rings. The van der Waals surface area contributed by atoms with Crippen LogP contribution in [0.15, 0.2) is 61.1 Å². The van der Waals surface area contributed by atoms with Gasteiger partial charge in [-0.25, -0.2) is 4.98 Å². The summed E-state index contributed by atoms with van der Waals surface area (Å²) < 4.78 is 42.0. The van der Waals surface area contributed by atoms with E-state index in [2.05, 4.69) is 29.0 Å². The lowest BCUT2D eigenvalue weighted by molar-refractivity contribution is -0.137. The van der Waals surface area contributed by atoms with Crippen LogP contribution in [0.3, 0.4) is 0 Å². The van der Waals surface area contributed by atoms with Gasteiger partial charge in [0.25, 0.3) is 5.91 Å². The van der Waals surface area contributed by atoms with Gasteiger partial charge in [0, 0.05) is 18.8 Å². The highest BCUT2D eigenvalue weighted by molar-refractivity contribution is 5.93. The van der Waals surface area contributed by atoms with Gasteiger partial charge in [-0.2, -0.15) is 13.2 Å². The predicted octanol–water partition coefficient (Wildman–Crippen LogP) is 4.88. The first-order chi connectivity index (χ1) is 15.0. The number of amides is 1. The van der Waals surface area contributed by atoms with Crippen molar-refractivity contribution in [3.8, 4) is 16.8 Å². The molecule has 3 rings (SSSR count). The molecule has 5 nitrogen and oxygen atoms in total. The lowest BCUT2D eigenvalue weighted by atomic mass is 9.93. The molecule has 0 spiro atoms. The zero-order chi connectivity index (χ0) is 23.5. The third kappa shape index (κ3) is 5.56. The second-order valence-electron chi connectivity index (χ2n) is 8.83. The lowest BCUT2D eigenvalue weighted by Crippen LogP contribution is -2.40. The standard InChI is InChI=1S/C24H27F3N4O/c1-23(2,15-30(3)4)14-29-22(32)21-13-28-16-31(21)18-9-7-8-17(12-18)19-10-5-6-11-20(19)24(25,26)27/h5-13,16H,14-15H2,1-4H3,(H,29,32). The molecule has 0 fully saturated rings. The van der Waals surface area contributed by atoms with Crippen LogP contribution in [0.4, 0.5) is 13.2 Å². The molecule has 0 aliphatic heterocycles. The van der Waals surface area contributed by atoms with Crippen molar-refractivity contribution in [1.82, 2.24) is 19.8 Å². The maximum atomic E-state index is 13.5. The number of halogens is 3. The van der Waals surface area contributed by atoms with E-state index in [1.165, 1.54) is 24.7 Å². The minimum absolute atomic E-state index is 0.0819. The number of nitrogens with one attached hydrogen (secondary N) is 1. The maximum Gasteiger partial charge on any atom is 0.417 e. The minimum atomic E-state index is -4.47. The van der Waals surface area contributed by atoms with Gasteiger partial charge >= 0.3 is 6.18 Å². The summed E-state index contributed by atoms with van der Waals surface area (Å²) in [5.41, 5.74) is 0.511. The van der Waals surface area contributed by atoms with E-state index in [0.717, 1.165) is 12.6 Å². The number of rotatable bonds is 7. The monoisotopic (exact) mass is 444 g/mol. The summed E-state index contributed by atoms with van der Waals surface area (Å²) >= 11 is 0. The summed E-state index contributed by atoms with van der Waals surface area (Å²) in [5, 5.41) is 2.94. The highest BCUT2D eigenvalue weighted by Gasteiger charge is 2.33. The van der Waals surface area contributed by atoms with Gasteiger partial charge in [0.15, 0.2) is 0 Å². The quantitative estimate of drug-likeness (QED) is 0.565. The summed E-state index contributed by atoms with van der Waals surface area (Å²) in [6, 6.07) is 12.1. The van der Waals surface area contributed by atoms with Crippen molar-refractivity contribution in [2.75, 3.05) is 27.2 Å². The Kier molecular flexibility index (Phi) is 6.74. The number of imidazole rings is 1. The van der Waals surface area contributed by atoms with Crippen LogP contribution in [0.5, 0.6) is 0 Å². The molecule has 0 bridgehead atoms. The van der Waals surface area contributed by atoms with Gasteiger partial charge < -0.3 is 10.2 Å². The van der Waals surface area contributed by atoms with Crippen LogP contribution >= 0.6 is 0 Å². The van der Waals surface area contributed by atoms with E-state index in [4.69, 9.17) is 0 Å². The van der Waals surface area contributed by atoms with Crippen molar-refractivity contribution in [2.45, 2.75) is 20.0 Å². The Morgan fingerprint density at radius 1 is 1.09 bits per heavy atom. The minimum Gasteiger partial charge on any atom is -0.350 e. The van der Waals surface area contributed by atoms with E-state index >= 15 is 0 Å². The summed E-state index contributed by atoms with van der Waals surface area (Å²) in [7, 11) is 3.95. The zero-order valence-corrected chi connectivity index (χ0v) is 18.6. The van der Waals surface area contributed by atoms with Gasteiger partial charge in [-0.15, -0.1) is 0 Å². The Bertz CT molecular complexity index is 1090. The molecular weight excluding hydrogens is 417 g/mol. The van der Waals surface area contributed by atoms with Crippen molar-refractivity contribution in [3.63, 3.8) is 0 Å². The topological polar surface area (TPSA) is 50.2 Å². The van der Waals surface area contributed by atoms with Crippen molar-refractivity contribution < 1.29 is 18.0 Å². The molecule has 0 atom stereocenters. The molecular formula is C24H27F3N4O. The first-order valence-electron chi connectivity index (χ1n) is 10.2. The van der Waals surface area contributed by atoms with Gasteiger partial charge in [-0.1, -0.05) is 44.2 Å². The van der Waals surface area contributed by atoms with Gasteiger partial charge in [0.1, 0.15) is 5.69 Å². The second-order valence-corrected chi connectivity index (χ2v) is 8.83. The Balaban J connectivity index is 1.88. The molecule has 0 aliphatic carbocycles. The van der Waals surface area contributed by atoms with Gasteiger partial charge in [-0.05, 0) is 48.8 Å². The maximum absolute atomic E-state index is 13.5. The number of benzene rings is 2. The molecule has 2 aromatic carbocycles. The summed E-state index contributed by atoms with van der Waals surface area (Å²) in [6.07, 6.45) is -1.54. The molecule has 1 N–H and O–H groups in total. The molecule has 170 valence electrons. The van der Waals surface area contributed by atoms with E-state index in [1.807, 2.05) is 14.1 Å². The third-order valence-electron chi connectivity index (χ3n) is 5.01. The van der Waals surface area contributed by atoms with Crippen molar-refractivity contribution in [1.29, 1.82) is 0 Å². The van der Waals surface area contributed by atoms with Crippen LogP contribution in [0.2, 0.25) is 0 Å². The van der Waals surface area contributed by atoms with E-state index in [-0.39, 0.29) is 16.9 Å². The Labute approximate surface area is 185 Å². The first kappa shape index (κ1) is 23.5. The molecule has 0 unspecified atom stereocenters. The fourth-order valence-electron chi connectivity index (χ4n) is 3.80. The van der Waals surface area contributed by atoms with Crippen LogP contribution in [0.1, 0.15) is 29.9 Å². The number of alkyl halides is 3. The van der Waals surface area contributed by atoms with Crippen molar-refractivity contribution in [2.24, 2.45) is 5.41 Å². The summed E-state index contributed by atoms with van der Waals surface area (Å²) in [6.45, 7) is 5.39. The highest BCUT2D eigenvalue weighted by atomic mass is 19.4. The normalized spacial score (nSPS) is 12.2. The van der Waals surface area contributed by atoms with E-state index in [9.17, 15) is 18.0 Å². The Morgan fingerprint density at radius 2 is 1.81 bits per heavy atom.